The van der Waals surface area contributed by atoms with Gasteiger partial charge in [-0.05, 0) is 19.3 Å². The molecule has 0 saturated carbocycles. The smallest absolute Gasteiger partial charge is 0.306 e. The molecular weight excluding hydrogens is 612 g/mol. The Balaban J connectivity index is 4.03. The highest BCUT2D eigenvalue weighted by atomic mass is 16.6. The van der Waals surface area contributed by atoms with Crippen LogP contribution in [-0.4, -0.2) is 37.2 Å². The van der Waals surface area contributed by atoms with Gasteiger partial charge in [0.15, 0.2) is 6.10 Å². The lowest BCUT2D eigenvalue weighted by Crippen LogP contribution is -2.30. The van der Waals surface area contributed by atoms with Gasteiger partial charge in [-0.25, -0.2) is 0 Å². The first-order valence-corrected chi connectivity index (χ1v) is 21.5. The first-order chi connectivity index (χ1) is 24.0. The summed E-state index contributed by atoms with van der Waals surface area (Å²) in [7, 11) is 0. The molecule has 0 aliphatic carbocycles. The molecule has 0 bridgehead atoms. The van der Waals surface area contributed by atoms with Crippen LogP contribution in [0.25, 0.3) is 0 Å². The van der Waals surface area contributed by atoms with Gasteiger partial charge in [0, 0.05) is 19.3 Å². The maximum atomic E-state index is 12.5. The van der Waals surface area contributed by atoms with Crippen molar-refractivity contribution in [3.05, 3.63) is 0 Å². The quantitative estimate of drug-likeness (QED) is 0.0362. The van der Waals surface area contributed by atoms with E-state index in [-0.39, 0.29) is 31.1 Å². The summed E-state index contributed by atoms with van der Waals surface area (Å²) in [5, 5.41) is 0. The highest BCUT2D eigenvalue weighted by molar-refractivity contribution is 5.71. The van der Waals surface area contributed by atoms with Gasteiger partial charge in [-0.3, -0.25) is 14.4 Å². The molecule has 1 unspecified atom stereocenters. The number of hydrogen-bond donors (Lipinski definition) is 0. The topological polar surface area (TPSA) is 78.9 Å². The zero-order valence-corrected chi connectivity index (χ0v) is 33.0. The summed E-state index contributed by atoms with van der Waals surface area (Å²) >= 11 is 0. The van der Waals surface area contributed by atoms with Crippen molar-refractivity contribution >= 4 is 17.9 Å². The van der Waals surface area contributed by atoms with Crippen LogP contribution >= 0.6 is 0 Å². The van der Waals surface area contributed by atoms with Crippen LogP contribution in [0.3, 0.4) is 0 Å². The Bertz CT molecular complexity index is 723. The summed E-state index contributed by atoms with van der Waals surface area (Å²) in [4.78, 5) is 37.2. The maximum Gasteiger partial charge on any atom is 0.306 e. The van der Waals surface area contributed by atoms with E-state index in [1.165, 1.54) is 135 Å². The molecule has 0 aliphatic heterocycles. The molecule has 49 heavy (non-hydrogen) atoms. The van der Waals surface area contributed by atoms with Gasteiger partial charge in [-0.15, -0.1) is 0 Å². The monoisotopic (exact) mass is 695 g/mol. The van der Waals surface area contributed by atoms with Gasteiger partial charge in [0.25, 0.3) is 0 Å². The van der Waals surface area contributed by atoms with Crippen molar-refractivity contribution in [2.75, 3.05) is 13.2 Å². The molecule has 0 fully saturated rings. The Morgan fingerprint density at radius 2 is 0.551 bits per heavy atom. The van der Waals surface area contributed by atoms with Crippen LogP contribution in [0.15, 0.2) is 0 Å². The molecule has 0 amide bonds. The lowest BCUT2D eigenvalue weighted by molar-refractivity contribution is -0.167. The van der Waals surface area contributed by atoms with Gasteiger partial charge in [0.2, 0.25) is 0 Å². The van der Waals surface area contributed by atoms with E-state index in [0.29, 0.717) is 19.3 Å². The van der Waals surface area contributed by atoms with Gasteiger partial charge in [-0.2, -0.15) is 0 Å². The number of rotatable bonds is 39. The molecule has 1 atom stereocenters. The van der Waals surface area contributed by atoms with E-state index in [1.807, 2.05) is 0 Å². The fourth-order valence-electron chi connectivity index (χ4n) is 6.32. The zero-order valence-electron chi connectivity index (χ0n) is 33.0. The molecule has 0 spiro atoms. The van der Waals surface area contributed by atoms with Gasteiger partial charge in [-0.1, -0.05) is 201 Å². The number of ether oxygens (including phenoxy) is 3. The standard InChI is InChI=1S/C43H82O6/c1-4-7-10-13-15-16-17-18-19-20-21-22-23-24-25-26-28-30-33-36-42(45)48-39-40(38-47-41(44)35-32-29-12-9-6-3)49-43(46)37-34-31-27-14-11-8-5-2/h40H,4-39H2,1-3H3. The Kier molecular flexibility index (Phi) is 37.9. The molecule has 6 heteroatoms. The lowest BCUT2D eigenvalue weighted by atomic mass is 10.0. The van der Waals surface area contributed by atoms with Gasteiger partial charge < -0.3 is 14.2 Å². The Morgan fingerprint density at radius 3 is 0.816 bits per heavy atom. The van der Waals surface area contributed by atoms with Crippen molar-refractivity contribution in [3.8, 4) is 0 Å². The Labute approximate surface area is 304 Å². The summed E-state index contributed by atoms with van der Waals surface area (Å²) in [6.45, 7) is 6.52. The number of carbonyl (C=O) groups is 3. The van der Waals surface area contributed by atoms with Crippen LogP contribution in [0.5, 0.6) is 0 Å². The van der Waals surface area contributed by atoms with Crippen molar-refractivity contribution in [1.82, 2.24) is 0 Å². The molecule has 290 valence electrons. The minimum absolute atomic E-state index is 0.0650. The molecule has 0 aromatic heterocycles. The van der Waals surface area contributed by atoms with Crippen LogP contribution in [0, 0.1) is 0 Å². The van der Waals surface area contributed by atoms with Crippen molar-refractivity contribution in [1.29, 1.82) is 0 Å². The van der Waals surface area contributed by atoms with Gasteiger partial charge in [0.05, 0.1) is 0 Å². The first kappa shape index (κ1) is 47.4. The summed E-state index contributed by atoms with van der Waals surface area (Å²) < 4.78 is 16.5. The molecule has 0 radical (unpaired) electrons. The van der Waals surface area contributed by atoms with Crippen molar-refractivity contribution in [2.45, 2.75) is 245 Å². The third-order valence-electron chi connectivity index (χ3n) is 9.61. The van der Waals surface area contributed by atoms with Crippen LogP contribution < -0.4 is 0 Å². The fraction of sp³-hybridized carbons (Fsp3) is 0.930. The summed E-state index contributed by atoms with van der Waals surface area (Å²) in [6.07, 6.45) is 38.5. The second kappa shape index (κ2) is 39.2. The summed E-state index contributed by atoms with van der Waals surface area (Å²) in [6, 6.07) is 0. The molecule has 0 heterocycles. The van der Waals surface area contributed by atoms with E-state index >= 15 is 0 Å². The van der Waals surface area contributed by atoms with E-state index in [4.69, 9.17) is 14.2 Å². The van der Waals surface area contributed by atoms with E-state index in [9.17, 15) is 14.4 Å². The van der Waals surface area contributed by atoms with Crippen LogP contribution in [0.4, 0.5) is 0 Å². The second-order valence-corrected chi connectivity index (χ2v) is 14.6. The zero-order chi connectivity index (χ0) is 35.9. The lowest BCUT2D eigenvalue weighted by Gasteiger charge is -2.18. The number of esters is 3. The first-order valence-electron chi connectivity index (χ1n) is 21.5. The molecule has 0 aromatic carbocycles. The van der Waals surface area contributed by atoms with Crippen LogP contribution in [-0.2, 0) is 28.6 Å². The molecule has 0 aliphatic rings. The van der Waals surface area contributed by atoms with E-state index in [1.54, 1.807) is 0 Å². The molecular formula is C43H82O6. The van der Waals surface area contributed by atoms with Crippen molar-refractivity contribution in [2.24, 2.45) is 0 Å². The third-order valence-corrected chi connectivity index (χ3v) is 9.61. The minimum Gasteiger partial charge on any atom is -0.462 e. The average Bonchev–Trinajstić information content (AvgIpc) is 3.09. The largest absolute Gasteiger partial charge is 0.462 e. The fourth-order valence-corrected chi connectivity index (χ4v) is 6.32. The van der Waals surface area contributed by atoms with Crippen molar-refractivity contribution in [3.63, 3.8) is 0 Å². The molecule has 0 N–H and O–H groups in total. The van der Waals surface area contributed by atoms with Crippen LogP contribution in [0.2, 0.25) is 0 Å². The van der Waals surface area contributed by atoms with E-state index in [0.717, 1.165) is 64.2 Å². The molecule has 0 rings (SSSR count). The molecule has 0 aromatic rings. The SMILES string of the molecule is CCCCCCCCCCCCCCCCCCCCCC(=O)OCC(COC(=O)CCCCCCC)OC(=O)CCCCCCCCC. The second-order valence-electron chi connectivity index (χ2n) is 14.6. The Morgan fingerprint density at radius 1 is 0.327 bits per heavy atom. The normalized spacial score (nSPS) is 11.8. The predicted molar refractivity (Wildman–Crippen MR) is 206 cm³/mol. The molecule has 0 saturated heterocycles. The third kappa shape index (κ3) is 37.5. The number of unbranched alkanes of at least 4 members (excludes halogenated alkanes) is 28. The minimum atomic E-state index is -0.754. The van der Waals surface area contributed by atoms with E-state index < -0.39 is 6.10 Å². The number of carbonyl (C=O) groups excluding carboxylic acids is 3. The van der Waals surface area contributed by atoms with Crippen LogP contribution in [0.1, 0.15) is 239 Å². The summed E-state index contributed by atoms with van der Waals surface area (Å²) in [5.74, 6) is -0.878. The highest BCUT2D eigenvalue weighted by Gasteiger charge is 2.19. The molecule has 6 nitrogen and oxygen atoms in total. The van der Waals surface area contributed by atoms with Gasteiger partial charge in [0.1, 0.15) is 13.2 Å². The maximum absolute atomic E-state index is 12.5. The predicted octanol–water partition coefficient (Wildman–Crippen LogP) is 13.3. The highest BCUT2D eigenvalue weighted by Crippen LogP contribution is 2.16. The van der Waals surface area contributed by atoms with E-state index in [2.05, 4.69) is 20.8 Å². The van der Waals surface area contributed by atoms with Gasteiger partial charge >= 0.3 is 17.9 Å². The van der Waals surface area contributed by atoms with Crippen molar-refractivity contribution < 1.29 is 28.6 Å². The summed E-state index contributed by atoms with van der Waals surface area (Å²) in [5.41, 5.74) is 0. The Hall–Kier alpha value is -1.59. The average molecular weight is 695 g/mol. The number of hydrogen-bond acceptors (Lipinski definition) is 6.